The highest BCUT2D eigenvalue weighted by Gasteiger charge is 2.42. The average molecular weight is 501 g/mol. The van der Waals surface area contributed by atoms with Crippen molar-refractivity contribution in [1.29, 1.82) is 5.53 Å². The molecule has 1 aliphatic rings. The predicted molar refractivity (Wildman–Crippen MR) is 122 cm³/mol. The lowest BCUT2D eigenvalue weighted by Crippen LogP contribution is -2.33. The van der Waals surface area contributed by atoms with Gasteiger partial charge in [0.15, 0.2) is 6.04 Å². The van der Waals surface area contributed by atoms with Crippen molar-refractivity contribution in [3.63, 3.8) is 0 Å². The molecule has 0 saturated carbocycles. The van der Waals surface area contributed by atoms with Crippen LogP contribution in [-0.2, 0) is 13.8 Å². The predicted octanol–water partition coefficient (Wildman–Crippen LogP) is 2.16. The molecular weight excluding hydrogens is 479 g/mol. The van der Waals surface area contributed by atoms with Gasteiger partial charge in [-0.1, -0.05) is 0 Å². The van der Waals surface area contributed by atoms with E-state index in [1.807, 2.05) is 0 Å². The summed E-state index contributed by atoms with van der Waals surface area (Å²) in [6, 6.07) is 5.79. The van der Waals surface area contributed by atoms with E-state index < -0.39 is 37.4 Å². The van der Waals surface area contributed by atoms with Crippen molar-refractivity contribution in [3.8, 4) is 5.75 Å². The Hall–Kier alpha value is -3.96. The number of aromatic nitrogens is 4. The molecule has 182 valence electrons. The van der Waals surface area contributed by atoms with Crippen LogP contribution in [0.15, 0.2) is 70.0 Å². The second kappa shape index (κ2) is 10.5. The zero-order valence-electron chi connectivity index (χ0n) is 18.5. The Morgan fingerprint density at radius 3 is 2.77 bits per heavy atom. The Kier molecular flexibility index (Phi) is 7.28. The van der Waals surface area contributed by atoms with Crippen LogP contribution in [0.3, 0.4) is 0 Å². The smallest absolute Gasteiger partial charge is 0.407 e. The minimum Gasteiger partial charge on any atom is -0.407 e. The molecule has 14 nitrogen and oxygen atoms in total. The van der Waals surface area contributed by atoms with Gasteiger partial charge in [-0.05, 0) is 31.2 Å². The highest BCUT2D eigenvalue weighted by molar-refractivity contribution is 7.55. The van der Waals surface area contributed by atoms with Gasteiger partial charge in [0.2, 0.25) is 4.91 Å². The summed E-state index contributed by atoms with van der Waals surface area (Å²) in [5.41, 5.74) is 6.68. The van der Waals surface area contributed by atoms with Gasteiger partial charge >= 0.3 is 13.4 Å². The molecule has 1 aliphatic heterocycles. The van der Waals surface area contributed by atoms with Crippen molar-refractivity contribution in [2.24, 2.45) is 5.11 Å². The molecular formula is C20H22N8O6P+. The van der Waals surface area contributed by atoms with E-state index in [-0.39, 0.29) is 18.8 Å². The average Bonchev–Trinajstić information content (AvgIpc) is 3.24. The summed E-state index contributed by atoms with van der Waals surface area (Å²) in [6.45, 7) is 1.28. The Morgan fingerprint density at radius 1 is 1.31 bits per heavy atom. The van der Waals surface area contributed by atoms with Gasteiger partial charge in [0.25, 0.3) is 5.56 Å². The maximum Gasteiger partial charge on any atom is 0.486 e. The summed E-state index contributed by atoms with van der Waals surface area (Å²) < 4.78 is 32.1. The fourth-order valence-corrected chi connectivity index (χ4v) is 4.75. The highest BCUT2D eigenvalue weighted by atomic mass is 31.2. The highest BCUT2D eigenvalue weighted by Crippen LogP contribution is 2.48. The molecule has 15 heteroatoms. The van der Waals surface area contributed by atoms with Crippen LogP contribution in [-0.4, -0.2) is 38.3 Å². The number of hydrogen-bond acceptors (Lipinski definition) is 10. The number of pyridine rings is 2. The molecule has 3 N–H and O–H groups in total. The first-order valence-corrected chi connectivity index (χ1v) is 12.0. The van der Waals surface area contributed by atoms with E-state index >= 15 is 0 Å². The van der Waals surface area contributed by atoms with Crippen molar-refractivity contribution >= 4 is 13.4 Å². The molecule has 3 aromatic heterocycles. The van der Waals surface area contributed by atoms with Crippen LogP contribution in [0, 0.1) is 12.5 Å². The fourth-order valence-electron chi connectivity index (χ4n) is 3.41. The molecule has 0 radical (unpaired) electrons. The van der Waals surface area contributed by atoms with Gasteiger partial charge < -0.3 is 9.26 Å². The van der Waals surface area contributed by atoms with Crippen LogP contribution in [0.2, 0.25) is 0 Å². The SMILES string of the molecule is Cc1cn(C2CC(N=[N+]=N)C(COP(=O)(Nc3cccnc3)Oc3cccnc3)O2)c(=O)[nH]c1=O. The van der Waals surface area contributed by atoms with E-state index in [9.17, 15) is 14.2 Å². The molecule has 35 heavy (non-hydrogen) atoms. The van der Waals surface area contributed by atoms with Crippen molar-refractivity contribution in [1.82, 2.24) is 24.4 Å². The van der Waals surface area contributed by atoms with Crippen LogP contribution in [0.25, 0.3) is 0 Å². The second-order valence-corrected chi connectivity index (χ2v) is 9.21. The van der Waals surface area contributed by atoms with Gasteiger partial charge in [-0.15, -0.1) is 0 Å². The first-order valence-electron chi connectivity index (χ1n) is 10.4. The van der Waals surface area contributed by atoms with Crippen molar-refractivity contribution in [2.75, 3.05) is 11.7 Å². The summed E-state index contributed by atoms with van der Waals surface area (Å²) in [7, 11) is -4.02. The zero-order chi connectivity index (χ0) is 24.8. The minimum absolute atomic E-state index is 0.172. The molecule has 3 aromatic rings. The summed E-state index contributed by atoms with van der Waals surface area (Å²) in [5.74, 6) is 0.204. The number of ether oxygens (including phenoxy) is 1. The molecule has 0 spiro atoms. The lowest BCUT2D eigenvalue weighted by atomic mass is 10.1. The molecule has 0 bridgehead atoms. The fraction of sp³-hybridized carbons (Fsp3) is 0.300. The summed E-state index contributed by atoms with van der Waals surface area (Å²) >= 11 is 0. The third-order valence-electron chi connectivity index (χ3n) is 5.06. The van der Waals surface area contributed by atoms with E-state index in [0.29, 0.717) is 11.3 Å². The van der Waals surface area contributed by atoms with Crippen molar-refractivity contribution in [2.45, 2.75) is 31.7 Å². The molecule has 0 aliphatic carbocycles. The van der Waals surface area contributed by atoms with Gasteiger partial charge in [-0.3, -0.25) is 33.9 Å². The van der Waals surface area contributed by atoms with Gasteiger partial charge in [0.1, 0.15) is 28.7 Å². The van der Waals surface area contributed by atoms with E-state index in [0.717, 1.165) is 0 Å². The number of hydrogen-bond donors (Lipinski definition) is 3. The number of aryl methyl sites for hydroxylation is 1. The summed E-state index contributed by atoms with van der Waals surface area (Å²) in [6.07, 6.45) is 5.84. The van der Waals surface area contributed by atoms with E-state index in [1.165, 1.54) is 29.4 Å². The van der Waals surface area contributed by atoms with Crippen LogP contribution in [0.4, 0.5) is 5.69 Å². The first-order chi connectivity index (χ1) is 16.9. The number of nitrogens with zero attached hydrogens (tertiary/aromatic N) is 5. The number of H-pyrrole nitrogens is 1. The maximum absolute atomic E-state index is 13.6. The molecule has 4 atom stereocenters. The van der Waals surface area contributed by atoms with Crippen LogP contribution in [0.1, 0.15) is 18.2 Å². The third kappa shape index (κ3) is 5.94. The molecule has 4 rings (SSSR count). The number of anilines is 1. The van der Waals surface area contributed by atoms with Gasteiger partial charge in [-0.2, -0.15) is 0 Å². The Morgan fingerprint density at radius 2 is 2.09 bits per heavy atom. The number of aromatic amines is 1. The Labute approximate surface area is 198 Å². The lowest BCUT2D eigenvalue weighted by Gasteiger charge is -2.22. The molecule has 1 fully saturated rings. The van der Waals surface area contributed by atoms with Crippen LogP contribution >= 0.6 is 7.75 Å². The summed E-state index contributed by atoms with van der Waals surface area (Å²) in [4.78, 5) is 37.2. The van der Waals surface area contributed by atoms with Crippen molar-refractivity contribution in [3.05, 3.63) is 81.7 Å². The van der Waals surface area contributed by atoms with Gasteiger partial charge in [0, 0.05) is 30.6 Å². The minimum atomic E-state index is -4.02. The number of rotatable bonds is 9. The zero-order valence-corrected chi connectivity index (χ0v) is 19.4. The maximum atomic E-state index is 13.6. The monoisotopic (exact) mass is 501 g/mol. The van der Waals surface area contributed by atoms with E-state index in [1.54, 1.807) is 37.4 Å². The standard InChI is InChI=1S/C20H21N8O6P/c1-13-11-28(20(30)24-19(13)29)18-8-16(25-27-21)17(33-18)12-32-35(31,26-14-4-2-6-22-9-14)34-15-5-3-7-23-10-15/h2-7,9-11,16-18,21H,8,12H2,1H3,(H-,24,26,29,30,31)/p+1. The van der Waals surface area contributed by atoms with Crippen LogP contribution < -0.4 is 25.8 Å². The molecule has 4 unspecified atom stereocenters. The third-order valence-corrected chi connectivity index (χ3v) is 6.53. The first kappa shape index (κ1) is 24.2. The molecule has 4 heterocycles. The second-order valence-electron chi connectivity index (χ2n) is 7.55. The van der Waals surface area contributed by atoms with Gasteiger partial charge in [-0.25, -0.2) is 9.36 Å². The van der Waals surface area contributed by atoms with Crippen molar-refractivity contribution < 1.29 is 18.3 Å². The largest absolute Gasteiger partial charge is 0.486 e. The topological polar surface area (TPSA) is 188 Å². The van der Waals surface area contributed by atoms with E-state index in [4.69, 9.17) is 19.3 Å². The molecule has 0 amide bonds. The number of nitrogens with one attached hydrogen (secondary N) is 3. The normalized spacial score (nSPS) is 21.0. The molecule has 0 aromatic carbocycles. The lowest BCUT2D eigenvalue weighted by molar-refractivity contribution is -0.0237. The van der Waals surface area contributed by atoms with Crippen LogP contribution in [0.5, 0.6) is 5.75 Å². The Bertz CT molecular complexity index is 1330. The Balaban J connectivity index is 1.55. The van der Waals surface area contributed by atoms with Gasteiger partial charge in [0.05, 0.1) is 24.7 Å². The van der Waals surface area contributed by atoms with E-state index in [2.05, 4.69) is 30.1 Å². The quantitative estimate of drug-likeness (QED) is 0.224. The summed E-state index contributed by atoms with van der Waals surface area (Å²) in [5, 5.41) is 6.57. The molecule has 1 saturated heterocycles.